The SMILES string of the molecule is CCC(C)(N)c1nc(-c2cccc(Br)c2)no1. The van der Waals surface area contributed by atoms with Gasteiger partial charge in [0.2, 0.25) is 11.7 Å². The van der Waals surface area contributed by atoms with E-state index in [9.17, 15) is 0 Å². The minimum Gasteiger partial charge on any atom is -0.337 e. The van der Waals surface area contributed by atoms with Gasteiger partial charge in [0.15, 0.2) is 0 Å². The van der Waals surface area contributed by atoms with Crippen molar-refractivity contribution in [3.05, 3.63) is 34.6 Å². The van der Waals surface area contributed by atoms with E-state index in [-0.39, 0.29) is 0 Å². The predicted molar refractivity (Wildman–Crippen MR) is 69.3 cm³/mol. The van der Waals surface area contributed by atoms with Crippen LogP contribution in [0.5, 0.6) is 0 Å². The summed E-state index contributed by atoms with van der Waals surface area (Å²) in [5.41, 5.74) is 6.38. The molecule has 0 aliphatic carbocycles. The number of rotatable bonds is 3. The van der Waals surface area contributed by atoms with Gasteiger partial charge in [0.05, 0.1) is 5.54 Å². The zero-order valence-electron chi connectivity index (χ0n) is 9.77. The van der Waals surface area contributed by atoms with Crippen LogP contribution in [0.25, 0.3) is 11.4 Å². The van der Waals surface area contributed by atoms with Gasteiger partial charge >= 0.3 is 0 Å². The van der Waals surface area contributed by atoms with E-state index in [2.05, 4.69) is 26.1 Å². The van der Waals surface area contributed by atoms with Crippen LogP contribution in [0.2, 0.25) is 0 Å². The van der Waals surface area contributed by atoms with Crippen LogP contribution in [0.3, 0.4) is 0 Å². The number of benzene rings is 1. The summed E-state index contributed by atoms with van der Waals surface area (Å²) in [7, 11) is 0. The van der Waals surface area contributed by atoms with E-state index in [4.69, 9.17) is 10.3 Å². The zero-order chi connectivity index (χ0) is 12.5. The second kappa shape index (κ2) is 4.58. The first kappa shape index (κ1) is 12.3. The molecule has 0 saturated heterocycles. The Balaban J connectivity index is 2.36. The number of nitrogens with zero attached hydrogens (tertiary/aromatic N) is 2. The minimum atomic E-state index is -0.572. The summed E-state index contributed by atoms with van der Waals surface area (Å²) in [5.74, 6) is 1.03. The van der Waals surface area contributed by atoms with Gasteiger partial charge in [-0.15, -0.1) is 0 Å². The lowest BCUT2D eigenvalue weighted by Crippen LogP contribution is -2.32. The molecule has 90 valence electrons. The largest absolute Gasteiger partial charge is 0.337 e. The fraction of sp³-hybridized carbons (Fsp3) is 0.333. The van der Waals surface area contributed by atoms with E-state index in [0.717, 1.165) is 16.5 Å². The molecule has 0 saturated carbocycles. The smallest absolute Gasteiger partial charge is 0.246 e. The highest BCUT2D eigenvalue weighted by Gasteiger charge is 2.26. The molecule has 0 aliphatic heterocycles. The fourth-order valence-electron chi connectivity index (χ4n) is 1.35. The third-order valence-corrected chi connectivity index (χ3v) is 3.23. The van der Waals surface area contributed by atoms with Crippen LogP contribution in [-0.2, 0) is 5.54 Å². The molecule has 1 aromatic heterocycles. The molecule has 1 unspecified atom stereocenters. The lowest BCUT2D eigenvalue weighted by Gasteiger charge is -2.16. The van der Waals surface area contributed by atoms with Crippen molar-refractivity contribution in [2.45, 2.75) is 25.8 Å². The number of hydrogen-bond donors (Lipinski definition) is 1. The maximum Gasteiger partial charge on any atom is 0.246 e. The molecule has 0 bridgehead atoms. The van der Waals surface area contributed by atoms with Gasteiger partial charge in [0, 0.05) is 10.0 Å². The van der Waals surface area contributed by atoms with Gasteiger partial charge in [-0.3, -0.25) is 0 Å². The van der Waals surface area contributed by atoms with Crippen molar-refractivity contribution in [3.8, 4) is 11.4 Å². The maximum absolute atomic E-state index is 6.05. The third-order valence-electron chi connectivity index (χ3n) is 2.73. The summed E-state index contributed by atoms with van der Waals surface area (Å²) >= 11 is 3.41. The van der Waals surface area contributed by atoms with Crippen LogP contribution in [-0.4, -0.2) is 10.1 Å². The maximum atomic E-state index is 6.05. The second-order valence-corrected chi connectivity index (χ2v) is 5.12. The Bertz CT molecular complexity index is 522. The Labute approximate surface area is 108 Å². The molecule has 4 nitrogen and oxygen atoms in total. The predicted octanol–water partition coefficient (Wildman–Crippen LogP) is 3.08. The number of halogens is 1. The van der Waals surface area contributed by atoms with E-state index in [1.54, 1.807) is 0 Å². The first-order valence-corrected chi connectivity index (χ1v) is 6.21. The van der Waals surface area contributed by atoms with Crippen LogP contribution >= 0.6 is 15.9 Å². The van der Waals surface area contributed by atoms with Crippen LogP contribution in [0, 0.1) is 0 Å². The molecule has 17 heavy (non-hydrogen) atoms. The van der Waals surface area contributed by atoms with E-state index >= 15 is 0 Å². The van der Waals surface area contributed by atoms with Crippen molar-refractivity contribution in [1.82, 2.24) is 10.1 Å². The molecule has 2 N–H and O–H groups in total. The average Bonchev–Trinajstić information content (AvgIpc) is 2.79. The van der Waals surface area contributed by atoms with Gasteiger partial charge in [0.25, 0.3) is 0 Å². The number of aromatic nitrogens is 2. The fourth-order valence-corrected chi connectivity index (χ4v) is 1.75. The zero-order valence-corrected chi connectivity index (χ0v) is 11.4. The molecule has 5 heteroatoms. The topological polar surface area (TPSA) is 64.9 Å². The molecule has 0 radical (unpaired) electrons. The van der Waals surface area contributed by atoms with Crippen molar-refractivity contribution in [1.29, 1.82) is 0 Å². The van der Waals surface area contributed by atoms with Crippen molar-refractivity contribution in [2.24, 2.45) is 5.73 Å². The molecule has 0 spiro atoms. The number of nitrogens with two attached hydrogens (primary N) is 1. The average molecular weight is 296 g/mol. The normalized spacial score (nSPS) is 14.6. The lowest BCUT2D eigenvalue weighted by molar-refractivity contribution is 0.291. The van der Waals surface area contributed by atoms with Crippen molar-refractivity contribution in [3.63, 3.8) is 0 Å². The summed E-state index contributed by atoms with van der Waals surface area (Å²) in [6.07, 6.45) is 0.743. The Morgan fingerprint density at radius 2 is 2.24 bits per heavy atom. The summed E-state index contributed by atoms with van der Waals surface area (Å²) in [4.78, 5) is 4.34. The van der Waals surface area contributed by atoms with Crippen LogP contribution in [0.1, 0.15) is 26.2 Å². The monoisotopic (exact) mass is 295 g/mol. The van der Waals surface area contributed by atoms with Gasteiger partial charge in [0.1, 0.15) is 0 Å². The molecule has 1 aromatic carbocycles. The standard InChI is InChI=1S/C12H14BrN3O/c1-3-12(2,14)11-15-10(16-17-11)8-5-4-6-9(13)7-8/h4-7H,3,14H2,1-2H3. The molecule has 1 heterocycles. The first-order valence-electron chi connectivity index (χ1n) is 5.42. The molecule has 0 amide bonds. The molecule has 2 rings (SSSR count). The molecule has 0 fully saturated rings. The van der Waals surface area contributed by atoms with Gasteiger partial charge in [-0.1, -0.05) is 40.1 Å². The first-order chi connectivity index (χ1) is 8.03. The van der Waals surface area contributed by atoms with Crippen LogP contribution in [0.4, 0.5) is 0 Å². The highest BCUT2D eigenvalue weighted by molar-refractivity contribution is 9.10. The quantitative estimate of drug-likeness (QED) is 0.945. The Kier molecular flexibility index (Phi) is 3.31. The van der Waals surface area contributed by atoms with Gasteiger partial charge in [-0.25, -0.2) is 0 Å². The Morgan fingerprint density at radius 1 is 1.47 bits per heavy atom. The molecule has 0 aliphatic rings. The summed E-state index contributed by atoms with van der Waals surface area (Å²) in [6, 6.07) is 7.74. The van der Waals surface area contributed by atoms with E-state index in [1.165, 1.54) is 0 Å². The van der Waals surface area contributed by atoms with Gasteiger partial charge in [-0.05, 0) is 25.5 Å². The second-order valence-electron chi connectivity index (χ2n) is 4.20. The van der Waals surface area contributed by atoms with E-state index in [1.807, 2.05) is 38.1 Å². The Morgan fingerprint density at radius 3 is 2.88 bits per heavy atom. The summed E-state index contributed by atoms with van der Waals surface area (Å²) in [5, 5.41) is 3.95. The van der Waals surface area contributed by atoms with Crippen molar-refractivity contribution < 1.29 is 4.52 Å². The van der Waals surface area contributed by atoms with Crippen LogP contribution in [0.15, 0.2) is 33.3 Å². The van der Waals surface area contributed by atoms with Crippen molar-refractivity contribution >= 4 is 15.9 Å². The third kappa shape index (κ3) is 2.56. The summed E-state index contributed by atoms with van der Waals surface area (Å²) < 4.78 is 6.19. The lowest BCUT2D eigenvalue weighted by atomic mass is 10.0. The highest BCUT2D eigenvalue weighted by Crippen LogP contribution is 2.24. The van der Waals surface area contributed by atoms with E-state index in [0.29, 0.717) is 11.7 Å². The molecular formula is C12H14BrN3O. The summed E-state index contributed by atoms with van der Waals surface area (Å²) in [6.45, 7) is 3.87. The van der Waals surface area contributed by atoms with Crippen LogP contribution < -0.4 is 5.73 Å². The molecular weight excluding hydrogens is 282 g/mol. The van der Waals surface area contributed by atoms with Crippen molar-refractivity contribution in [2.75, 3.05) is 0 Å². The minimum absolute atomic E-state index is 0.468. The van der Waals surface area contributed by atoms with E-state index < -0.39 is 5.54 Å². The van der Waals surface area contributed by atoms with Gasteiger partial charge < -0.3 is 10.3 Å². The molecule has 2 aromatic rings. The number of hydrogen-bond acceptors (Lipinski definition) is 4. The van der Waals surface area contributed by atoms with Gasteiger partial charge in [-0.2, -0.15) is 4.98 Å². The Hall–Kier alpha value is -1.20. The molecule has 1 atom stereocenters. The highest BCUT2D eigenvalue weighted by atomic mass is 79.9.